The Hall–Kier alpha value is -2.93. The number of hydrogen-bond acceptors (Lipinski definition) is 6. The van der Waals surface area contributed by atoms with Crippen molar-refractivity contribution in [1.82, 2.24) is 4.98 Å². The van der Waals surface area contributed by atoms with Crippen LogP contribution < -0.4 is 10.1 Å². The van der Waals surface area contributed by atoms with E-state index in [2.05, 4.69) is 15.0 Å². The van der Waals surface area contributed by atoms with Gasteiger partial charge in [-0.1, -0.05) is 29.5 Å². The number of benzene rings is 2. The lowest BCUT2D eigenvalue weighted by Gasteiger charge is -2.04. The molecule has 0 aliphatic rings. The number of amides is 1. The number of hydrogen-bond donors (Lipinski definition) is 1. The summed E-state index contributed by atoms with van der Waals surface area (Å²) >= 11 is 1.28. The Bertz CT molecular complexity index is 877. The molecule has 0 bridgehead atoms. The monoisotopic (exact) mass is 342 g/mol. The highest BCUT2D eigenvalue weighted by Crippen LogP contribution is 2.27. The minimum Gasteiger partial charge on any atom is -0.484 e. The summed E-state index contributed by atoms with van der Waals surface area (Å²) in [6, 6.07) is 14.1. The van der Waals surface area contributed by atoms with Crippen LogP contribution in [0.25, 0.3) is 10.2 Å². The summed E-state index contributed by atoms with van der Waals surface area (Å²) in [7, 11) is 1.33. The topological polar surface area (TPSA) is 77.5 Å². The lowest BCUT2D eigenvalue weighted by molar-refractivity contribution is -0.118. The zero-order valence-corrected chi connectivity index (χ0v) is 13.6. The lowest BCUT2D eigenvalue weighted by atomic mass is 10.2. The van der Waals surface area contributed by atoms with Crippen LogP contribution in [0.4, 0.5) is 5.13 Å². The van der Waals surface area contributed by atoms with Gasteiger partial charge in [-0.15, -0.1) is 0 Å². The normalized spacial score (nSPS) is 10.4. The van der Waals surface area contributed by atoms with Crippen LogP contribution in [0.2, 0.25) is 0 Å². The standard InChI is InChI=1S/C17H14N2O4S/c1-22-16(21)11-7-8-13-14(9-11)24-17(18-13)19-15(20)10-23-12-5-3-2-4-6-12/h2-9H,10H2,1H3,(H,18,19,20). The summed E-state index contributed by atoms with van der Waals surface area (Å²) in [4.78, 5) is 27.8. The second kappa shape index (κ2) is 7.10. The molecule has 0 unspecified atom stereocenters. The molecule has 24 heavy (non-hydrogen) atoms. The van der Waals surface area contributed by atoms with E-state index in [-0.39, 0.29) is 12.5 Å². The molecule has 0 radical (unpaired) electrons. The zero-order chi connectivity index (χ0) is 16.9. The molecule has 0 saturated carbocycles. The Morgan fingerprint density at radius 2 is 1.96 bits per heavy atom. The van der Waals surface area contributed by atoms with Crippen LogP contribution in [0.5, 0.6) is 5.75 Å². The average molecular weight is 342 g/mol. The molecule has 0 atom stereocenters. The molecule has 1 heterocycles. The third-order valence-corrected chi connectivity index (χ3v) is 4.10. The number of thiazole rings is 1. The number of carbonyl (C=O) groups is 2. The number of nitrogens with one attached hydrogen (secondary N) is 1. The maximum absolute atomic E-state index is 11.9. The van der Waals surface area contributed by atoms with Gasteiger partial charge in [0, 0.05) is 0 Å². The van der Waals surface area contributed by atoms with Crippen LogP contribution in [-0.4, -0.2) is 30.6 Å². The molecule has 7 heteroatoms. The van der Waals surface area contributed by atoms with Gasteiger partial charge in [-0.25, -0.2) is 9.78 Å². The second-order valence-corrected chi connectivity index (χ2v) is 5.87. The van der Waals surface area contributed by atoms with Crippen molar-refractivity contribution in [2.75, 3.05) is 19.0 Å². The fourth-order valence-corrected chi connectivity index (χ4v) is 2.97. The van der Waals surface area contributed by atoms with Crippen molar-refractivity contribution in [2.45, 2.75) is 0 Å². The smallest absolute Gasteiger partial charge is 0.337 e. The molecule has 3 aromatic rings. The SMILES string of the molecule is COC(=O)c1ccc2nc(NC(=O)COc3ccccc3)sc2c1. The second-order valence-electron chi connectivity index (χ2n) is 4.84. The molecule has 1 aromatic heterocycles. The highest BCUT2D eigenvalue weighted by atomic mass is 32.1. The van der Waals surface area contributed by atoms with E-state index in [4.69, 9.17) is 4.74 Å². The van der Waals surface area contributed by atoms with Crippen molar-refractivity contribution < 1.29 is 19.1 Å². The molecule has 0 fully saturated rings. The number of rotatable bonds is 5. The van der Waals surface area contributed by atoms with Crippen LogP contribution in [-0.2, 0) is 9.53 Å². The fourth-order valence-electron chi connectivity index (χ4n) is 2.04. The maximum Gasteiger partial charge on any atom is 0.337 e. The molecule has 1 amide bonds. The largest absolute Gasteiger partial charge is 0.484 e. The first-order valence-electron chi connectivity index (χ1n) is 7.12. The predicted molar refractivity (Wildman–Crippen MR) is 91.5 cm³/mol. The van der Waals surface area contributed by atoms with Crippen LogP contribution in [0.1, 0.15) is 10.4 Å². The van der Waals surface area contributed by atoms with Gasteiger partial charge >= 0.3 is 5.97 Å². The summed E-state index contributed by atoms with van der Waals surface area (Å²) < 4.78 is 10.9. The fraction of sp³-hybridized carbons (Fsp3) is 0.118. The molecule has 1 N–H and O–H groups in total. The predicted octanol–water partition coefficient (Wildman–Crippen LogP) is 3.10. The minimum absolute atomic E-state index is 0.104. The summed E-state index contributed by atoms with van der Waals surface area (Å²) in [5, 5.41) is 3.14. The van der Waals surface area contributed by atoms with E-state index in [9.17, 15) is 9.59 Å². The van der Waals surface area contributed by atoms with Gasteiger partial charge in [0.1, 0.15) is 5.75 Å². The van der Waals surface area contributed by atoms with E-state index in [1.54, 1.807) is 30.3 Å². The first-order chi connectivity index (χ1) is 11.7. The number of esters is 1. The van der Waals surface area contributed by atoms with E-state index < -0.39 is 5.97 Å². The zero-order valence-electron chi connectivity index (χ0n) is 12.8. The Morgan fingerprint density at radius 1 is 1.17 bits per heavy atom. The third-order valence-electron chi connectivity index (χ3n) is 3.17. The molecule has 3 rings (SSSR count). The van der Waals surface area contributed by atoms with Crippen molar-refractivity contribution in [3.63, 3.8) is 0 Å². The van der Waals surface area contributed by atoms with E-state index in [0.29, 0.717) is 22.0 Å². The van der Waals surface area contributed by atoms with Crippen molar-refractivity contribution in [3.8, 4) is 5.75 Å². The highest BCUT2D eigenvalue weighted by Gasteiger charge is 2.11. The van der Waals surface area contributed by atoms with E-state index in [0.717, 1.165) is 4.70 Å². The van der Waals surface area contributed by atoms with Crippen LogP contribution in [0, 0.1) is 0 Å². The average Bonchev–Trinajstić information content (AvgIpc) is 3.01. The van der Waals surface area contributed by atoms with Gasteiger partial charge in [0.25, 0.3) is 5.91 Å². The van der Waals surface area contributed by atoms with Gasteiger partial charge in [-0.3, -0.25) is 10.1 Å². The Morgan fingerprint density at radius 3 is 2.71 bits per heavy atom. The molecule has 2 aromatic carbocycles. The van der Waals surface area contributed by atoms with Gasteiger partial charge < -0.3 is 9.47 Å². The van der Waals surface area contributed by atoms with E-state index in [1.807, 2.05) is 18.2 Å². The minimum atomic E-state index is -0.410. The number of carbonyl (C=O) groups excluding carboxylic acids is 2. The summed E-state index contributed by atoms with van der Waals surface area (Å²) in [5.41, 5.74) is 1.14. The highest BCUT2D eigenvalue weighted by molar-refractivity contribution is 7.22. The molecule has 6 nitrogen and oxygen atoms in total. The number of aromatic nitrogens is 1. The molecule has 0 aliphatic carbocycles. The van der Waals surface area contributed by atoms with E-state index in [1.165, 1.54) is 18.4 Å². The van der Waals surface area contributed by atoms with Crippen LogP contribution >= 0.6 is 11.3 Å². The van der Waals surface area contributed by atoms with Gasteiger partial charge in [-0.05, 0) is 30.3 Å². The number of fused-ring (bicyclic) bond motifs is 1. The number of methoxy groups -OCH3 is 1. The number of ether oxygens (including phenoxy) is 2. The summed E-state index contributed by atoms with van der Waals surface area (Å²) in [5.74, 6) is -0.0853. The Kier molecular flexibility index (Phi) is 4.72. The molecular formula is C17H14N2O4S. The van der Waals surface area contributed by atoms with E-state index >= 15 is 0 Å². The van der Waals surface area contributed by atoms with Crippen molar-refractivity contribution >= 4 is 38.6 Å². The molecule has 122 valence electrons. The van der Waals surface area contributed by atoms with Gasteiger partial charge in [0.2, 0.25) is 0 Å². The van der Waals surface area contributed by atoms with Gasteiger partial charge in [0.15, 0.2) is 11.7 Å². The summed E-state index contributed by atoms with van der Waals surface area (Å²) in [6.45, 7) is -0.104. The van der Waals surface area contributed by atoms with Gasteiger partial charge in [0.05, 0.1) is 22.9 Å². The molecular weight excluding hydrogens is 328 g/mol. The molecule has 0 aliphatic heterocycles. The van der Waals surface area contributed by atoms with Crippen molar-refractivity contribution in [1.29, 1.82) is 0 Å². The van der Waals surface area contributed by atoms with Gasteiger partial charge in [-0.2, -0.15) is 0 Å². The van der Waals surface area contributed by atoms with Crippen LogP contribution in [0.3, 0.4) is 0 Å². The maximum atomic E-state index is 11.9. The molecule has 0 saturated heterocycles. The van der Waals surface area contributed by atoms with Crippen LogP contribution in [0.15, 0.2) is 48.5 Å². The quantitative estimate of drug-likeness (QED) is 0.721. The third kappa shape index (κ3) is 3.69. The first-order valence-corrected chi connectivity index (χ1v) is 7.94. The molecule has 0 spiro atoms. The first kappa shape index (κ1) is 15.9. The summed E-state index contributed by atoms with van der Waals surface area (Å²) in [6.07, 6.45) is 0. The Labute approximate surface area is 142 Å². The number of para-hydroxylation sites is 1. The Balaban J connectivity index is 1.66. The lowest BCUT2D eigenvalue weighted by Crippen LogP contribution is -2.19. The van der Waals surface area contributed by atoms with Crippen molar-refractivity contribution in [3.05, 3.63) is 54.1 Å². The number of nitrogens with zero attached hydrogens (tertiary/aromatic N) is 1. The van der Waals surface area contributed by atoms with Crippen molar-refractivity contribution in [2.24, 2.45) is 0 Å². The number of anilines is 1.